The first-order chi connectivity index (χ1) is 11.4. The van der Waals surface area contributed by atoms with Crippen molar-refractivity contribution in [2.45, 2.75) is 32.7 Å². The molecule has 0 bridgehead atoms. The molecule has 0 fully saturated rings. The highest BCUT2D eigenvalue weighted by atomic mass is 35.5. The molecule has 1 N–H and O–H groups in total. The lowest BCUT2D eigenvalue weighted by Crippen LogP contribution is -2.27. The van der Waals surface area contributed by atoms with E-state index in [1.807, 2.05) is 6.92 Å². The van der Waals surface area contributed by atoms with Gasteiger partial charge in [-0.25, -0.2) is 4.68 Å². The quantitative estimate of drug-likeness (QED) is 0.720. The Kier molecular flexibility index (Phi) is 6.11. The van der Waals surface area contributed by atoms with Crippen molar-refractivity contribution in [3.63, 3.8) is 0 Å². The summed E-state index contributed by atoms with van der Waals surface area (Å²) < 4.78 is 1.44. The predicted octanol–water partition coefficient (Wildman–Crippen LogP) is 4.87. The number of Topliss-reactive ketones (excluding diaryl/α,β-unsaturated/α-hetero) is 1. The smallest absolute Gasteiger partial charge is 0.167 e. The Morgan fingerprint density at radius 1 is 1.38 bits per heavy atom. The molecule has 0 aliphatic carbocycles. The zero-order valence-electron chi connectivity index (χ0n) is 13.1. The topological polar surface area (TPSA) is 70.7 Å². The maximum atomic E-state index is 11.7. The first-order valence-corrected chi connectivity index (χ1v) is 8.43. The number of nitrogens with zero attached hydrogens (tertiary/aromatic N) is 3. The zero-order chi connectivity index (χ0) is 17.9. The number of hydrogen-bond donors (Lipinski definition) is 1. The summed E-state index contributed by atoms with van der Waals surface area (Å²) >= 11 is 18.2. The van der Waals surface area contributed by atoms with E-state index in [9.17, 15) is 10.1 Å². The third-order valence-corrected chi connectivity index (χ3v) is 4.76. The van der Waals surface area contributed by atoms with Gasteiger partial charge in [0.05, 0.1) is 33.0 Å². The molecule has 0 amide bonds. The van der Waals surface area contributed by atoms with Gasteiger partial charge >= 0.3 is 0 Å². The van der Waals surface area contributed by atoms with Gasteiger partial charge < -0.3 is 5.32 Å². The highest BCUT2D eigenvalue weighted by Crippen LogP contribution is 2.35. The van der Waals surface area contributed by atoms with Crippen molar-refractivity contribution in [3.8, 4) is 11.8 Å². The van der Waals surface area contributed by atoms with Crippen LogP contribution in [0.15, 0.2) is 18.3 Å². The molecule has 0 aliphatic heterocycles. The second-order valence-corrected chi connectivity index (χ2v) is 6.40. The van der Waals surface area contributed by atoms with Crippen LogP contribution in [0.4, 0.5) is 5.82 Å². The largest absolute Gasteiger partial charge is 0.358 e. The molecule has 2 rings (SSSR count). The fourth-order valence-corrected chi connectivity index (χ4v) is 2.83. The molecule has 24 heavy (non-hydrogen) atoms. The third-order valence-electron chi connectivity index (χ3n) is 3.48. The summed E-state index contributed by atoms with van der Waals surface area (Å²) in [6.07, 6.45) is 3.01. The van der Waals surface area contributed by atoms with Crippen LogP contribution in [0.5, 0.6) is 0 Å². The fraction of sp³-hybridized carbons (Fsp3) is 0.312. The van der Waals surface area contributed by atoms with Crippen molar-refractivity contribution < 1.29 is 4.79 Å². The van der Waals surface area contributed by atoms with E-state index >= 15 is 0 Å². The molecule has 0 radical (unpaired) electrons. The second-order valence-electron chi connectivity index (χ2n) is 5.24. The summed E-state index contributed by atoms with van der Waals surface area (Å²) in [6.45, 7) is 3.49. The zero-order valence-corrected chi connectivity index (χ0v) is 15.4. The summed E-state index contributed by atoms with van der Waals surface area (Å²) in [6, 6.07) is 4.92. The maximum absolute atomic E-state index is 11.7. The Hall–Kier alpha value is -1.74. The SMILES string of the molecule is CCCC(Nc1nn(-c2ccc(Cl)c(Cl)c2Cl)cc1C#N)C(C)=O. The van der Waals surface area contributed by atoms with Gasteiger partial charge in [0.2, 0.25) is 0 Å². The van der Waals surface area contributed by atoms with E-state index < -0.39 is 6.04 Å². The van der Waals surface area contributed by atoms with Gasteiger partial charge in [0.15, 0.2) is 11.6 Å². The van der Waals surface area contributed by atoms with E-state index in [2.05, 4.69) is 16.5 Å². The van der Waals surface area contributed by atoms with E-state index in [4.69, 9.17) is 34.8 Å². The molecule has 1 heterocycles. The van der Waals surface area contributed by atoms with Crippen LogP contribution in [0.3, 0.4) is 0 Å². The molecular formula is C16H15Cl3N4O. The number of nitrogens with one attached hydrogen (secondary N) is 1. The molecule has 0 saturated carbocycles. The number of hydrogen-bond acceptors (Lipinski definition) is 4. The monoisotopic (exact) mass is 384 g/mol. The summed E-state index contributed by atoms with van der Waals surface area (Å²) in [5.41, 5.74) is 0.796. The Morgan fingerprint density at radius 3 is 2.67 bits per heavy atom. The molecule has 1 unspecified atom stereocenters. The number of carbonyl (C=O) groups is 1. The lowest BCUT2D eigenvalue weighted by molar-refractivity contribution is -0.117. The molecule has 5 nitrogen and oxygen atoms in total. The van der Waals surface area contributed by atoms with Crippen molar-refractivity contribution in [2.75, 3.05) is 5.32 Å². The first kappa shape index (κ1) is 18.6. The van der Waals surface area contributed by atoms with Crippen molar-refractivity contribution in [1.29, 1.82) is 5.26 Å². The summed E-state index contributed by atoms with van der Waals surface area (Å²) in [5.74, 6) is 0.316. The van der Waals surface area contributed by atoms with E-state index in [-0.39, 0.29) is 15.8 Å². The minimum absolute atomic E-state index is 0.0112. The van der Waals surface area contributed by atoms with E-state index in [1.165, 1.54) is 17.8 Å². The minimum Gasteiger partial charge on any atom is -0.358 e. The Balaban J connectivity index is 2.43. The van der Waals surface area contributed by atoms with Crippen LogP contribution >= 0.6 is 34.8 Å². The van der Waals surface area contributed by atoms with Crippen LogP contribution < -0.4 is 5.32 Å². The lowest BCUT2D eigenvalue weighted by Gasteiger charge is -2.14. The van der Waals surface area contributed by atoms with E-state index in [0.717, 1.165) is 6.42 Å². The highest BCUT2D eigenvalue weighted by Gasteiger charge is 2.19. The number of halogens is 3. The number of ketones is 1. The lowest BCUT2D eigenvalue weighted by atomic mass is 10.1. The summed E-state index contributed by atoms with van der Waals surface area (Å²) in [4.78, 5) is 11.7. The molecule has 1 atom stereocenters. The van der Waals surface area contributed by atoms with Gasteiger partial charge in [0, 0.05) is 0 Å². The predicted molar refractivity (Wildman–Crippen MR) is 96.3 cm³/mol. The Morgan fingerprint density at radius 2 is 2.08 bits per heavy atom. The average molecular weight is 386 g/mol. The van der Waals surface area contributed by atoms with E-state index in [0.29, 0.717) is 28.5 Å². The molecule has 0 saturated heterocycles. The highest BCUT2D eigenvalue weighted by molar-refractivity contribution is 6.48. The van der Waals surface area contributed by atoms with Crippen LogP contribution in [0.1, 0.15) is 32.3 Å². The van der Waals surface area contributed by atoms with Crippen molar-refractivity contribution in [1.82, 2.24) is 9.78 Å². The number of aromatic nitrogens is 2. The van der Waals surface area contributed by atoms with Crippen LogP contribution in [0.25, 0.3) is 5.69 Å². The number of nitriles is 1. The van der Waals surface area contributed by atoms with Gasteiger partial charge in [-0.1, -0.05) is 48.1 Å². The first-order valence-electron chi connectivity index (χ1n) is 7.29. The van der Waals surface area contributed by atoms with Gasteiger partial charge in [-0.2, -0.15) is 5.26 Å². The molecular weight excluding hydrogens is 371 g/mol. The number of benzene rings is 1. The third kappa shape index (κ3) is 3.84. The van der Waals surface area contributed by atoms with Crippen molar-refractivity contribution in [3.05, 3.63) is 39.0 Å². The molecule has 126 valence electrons. The standard InChI is InChI=1S/C16H15Cl3N4O/c1-3-4-12(9(2)24)21-16-10(7-20)8-23(22-16)13-6-5-11(17)14(18)15(13)19/h5-6,8,12H,3-4H2,1-2H3,(H,21,22). The van der Waals surface area contributed by atoms with Gasteiger partial charge in [0.25, 0.3) is 0 Å². The van der Waals surface area contributed by atoms with Crippen LogP contribution in [0.2, 0.25) is 15.1 Å². The number of anilines is 1. The van der Waals surface area contributed by atoms with Gasteiger partial charge in [0.1, 0.15) is 11.6 Å². The summed E-state index contributed by atoms with van der Waals surface area (Å²) in [7, 11) is 0. The molecule has 0 spiro atoms. The summed E-state index contributed by atoms with van der Waals surface area (Å²) in [5, 5.41) is 17.5. The number of rotatable bonds is 6. The fourth-order valence-electron chi connectivity index (χ4n) is 2.21. The van der Waals surface area contributed by atoms with Gasteiger partial charge in [-0.05, 0) is 25.5 Å². The number of carbonyl (C=O) groups excluding carboxylic acids is 1. The Labute approximate surface area is 155 Å². The van der Waals surface area contributed by atoms with Crippen LogP contribution in [0, 0.1) is 11.3 Å². The molecule has 0 aliphatic rings. The molecule has 1 aromatic carbocycles. The molecule has 1 aromatic heterocycles. The van der Waals surface area contributed by atoms with E-state index in [1.54, 1.807) is 12.1 Å². The van der Waals surface area contributed by atoms with Gasteiger partial charge in [-0.3, -0.25) is 4.79 Å². The van der Waals surface area contributed by atoms with Crippen molar-refractivity contribution >= 4 is 46.4 Å². The van der Waals surface area contributed by atoms with Gasteiger partial charge in [-0.15, -0.1) is 5.10 Å². The average Bonchev–Trinajstić information content (AvgIpc) is 2.95. The Bertz CT molecular complexity index is 810. The second kappa shape index (κ2) is 7.89. The maximum Gasteiger partial charge on any atom is 0.167 e. The molecule has 8 heteroatoms. The van der Waals surface area contributed by atoms with Crippen molar-refractivity contribution in [2.24, 2.45) is 0 Å². The minimum atomic E-state index is -0.394. The van der Waals surface area contributed by atoms with Crippen LogP contribution in [-0.4, -0.2) is 21.6 Å². The van der Waals surface area contributed by atoms with Crippen LogP contribution in [-0.2, 0) is 4.79 Å². The normalized spacial score (nSPS) is 11.8. The molecule has 2 aromatic rings.